The summed E-state index contributed by atoms with van der Waals surface area (Å²) in [4.78, 5) is 0. The van der Waals surface area contributed by atoms with Gasteiger partial charge in [0.15, 0.2) is 0 Å². The summed E-state index contributed by atoms with van der Waals surface area (Å²) in [6, 6.07) is 1.61. The van der Waals surface area contributed by atoms with Gasteiger partial charge in [0.05, 0.1) is 6.10 Å². The zero-order chi connectivity index (χ0) is 12.2. The Hall–Kier alpha value is -0.0800. The summed E-state index contributed by atoms with van der Waals surface area (Å²) >= 11 is 0. The predicted octanol–water partition coefficient (Wildman–Crippen LogP) is 3.65. The van der Waals surface area contributed by atoms with E-state index in [0.717, 1.165) is 24.6 Å². The van der Waals surface area contributed by atoms with Crippen LogP contribution in [0.25, 0.3) is 0 Å². The Labute approximate surface area is 112 Å². The van der Waals surface area contributed by atoms with Crippen molar-refractivity contribution in [1.29, 1.82) is 0 Å². The van der Waals surface area contributed by atoms with Gasteiger partial charge in [-0.1, -0.05) is 19.3 Å². The van der Waals surface area contributed by atoms with Gasteiger partial charge in [0, 0.05) is 18.7 Å². The zero-order valence-electron chi connectivity index (χ0n) is 11.7. The van der Waals surface area contributed by atoms with Crippen LogP contribution in [-0.4, -0.2) is 24.8 Å². The van der Waals surface area contributed by atoms with Gasteiger partial charge in [-0.05, 0) is 57.3 Å². The first-order valence-electron chi connectivity index (χ1n) is 8.28. The first kappa shape index (κ1) is 12.9. The molecule has 2 heteroatoms. The Kier molecular flexibility index (Phi) is 4.58. The molecule has 0 aromatic heterocycles. The fraction of sp³-hybridized carbons (Fsp3) is 1.00. The van der Waals surface area contributed by atoms with Crippen LogP contribution in [0.2, 0.25) is 0 Å². The molecule has 3 aliphatic rings. The van der Waals surface area contributed by atoms with E-state index in [9.17, 15) is 0 Å². The van der Waals surface area contributed by atoms with Gasteiger partial charge >= 0.3 is 0 Å². The molecule has 18 heavy (non-hydrogen) atoms. The standard InChI is InChI=1S/C16H29NO/c1-2-4-14(5-3-1)17-15-8-10-16(11-9-15)18-12-13-6-7-13/h13-17H,1-12H2/t15-,16-. The highest BCUT2D eigenvalue weighted by atomic mass is 16.5. The molecular weight excluding hydrogens is 222 g/mol. The van der Waals surface area contributed by atoms with Crippen LogP contribution in [0.3, 0.4) is 0 Å². The van der Waals surface area contributed by atoms with Crippen LogP contribution in [0.1, 0.15) is 70.6 Å². The molecule has 3 saturated carbocycles. The van der Waals surface area contributed by atoms with Gasteiger partial charge in [0.1, 0.15) is 0 Å². The minimum Gasteiger partial charge on any atom is -0.378 e. The lowest BCUT2D eigenvalue weighted by atomic mass is 9.89. The fourth-order valence-electron chi connectivity index (χ4n) is 3.56. The van der Waals surface area contributed by atoms with Crippen molar-refractivity contribution in [2.45, 2.75) is 88.8 Å². The molecule has 0 bridgehead atoms. The third-order valence-electron chi connectivity index (χ3n) is 5.02. The summed E-state index contributed by atoms with van der Waals surface area (Å²) < 4.78 is 6.02. The molecular formula is C16H29NO. The number of nitrogens with one attached hydrogen (secondary N) is 1. The second-order valence-electron chi connectivity index (χ2n) is 6.75. The van der Waals surface area contributed by atoms with E-state index in [1.54, 1.807) is 0 Å². The molecule has 0 amide bonds. The average Bonchev–Trinajstić information content (AvgIpc) is 3.23. The number of hydrogen-bond donors (Lipinski definition) is 1. The Morgan fingerprint density at radius 1 is 0.722 bits per heavy atom. The van der Waals surface area contributed by atoms with Crippen molar-refractivity contribution in [2.75, 3.05) is 6.61 Å². The molecule has 0 aromatic rings. The van der Waals surface area contributed by atoms with Crippen molar-refractivity contribution >= 4 is 0 Å². The van der Waals surface area contributed by atoms with Gasteiger partial charge in [-0.15, -0.1) is 0 Å². The van der Waals surface area contributed by atoms with E-state index >= 15 is 0 Å². The highest BCUT2D eigenvalue weighted by Gasteiger charge is 2.27. The van der Waals surface area contributed by atoms with Crippen molar-refractivity contribution < 1.29 is 4.74 Å². The van der Waals surface area contributed by atoms with Crippen molar-refractivity contribution in [3.8, 4) is 0 Å². The molecule has 0 heterocycles. The maximum Gasteiger partial charge on any atom is 0.0576 e. The molecule has 0 spiro atoms. The van der Waals surface area contributed by atoms with Crippen molar-refractivity contribution in [1.82, 2.24) is 5.32 Å². The zero-order valence-corrected chi connectivity index (χ0v) is 11.7. The lowest BCUT2D eigenvalue weighted by Gasteiger charge is -2.33. The van der Waals surface area contributed by atoms with Crippen LogP contribution < -0.4 is 5.32 Å². The topological polar surface area (TPSA) is 21.3 Å². The monoisotopic (exact) mass is 251 g/mol. The van der Waals surface area contributed by atoms with Crippen LogP contribution >= 0.6 is 0 Å². The molecule has 0 radical (unpaired) electrons. The van der Waals surface area contributed by atoms with Gasteiger partial charge in [-0.3, -0.25) is 0 Å². The van der Waals surface area contributed by atoms with Crippen LogP contribution in [-0.2, 0) is 4.74 Å². The highest BCUT2D eigenvalue weighted by molar-refractivity contribution is 4.83. The molecule has 3 rings (SSSR count). The van der Waals surface area contributed by atoms with Crippen molar-refractivity contribution in [3.05, 3.63) is 0 Å². The number of hydrogen-bond acceptors (Lipinski definition) is 2. The normalized spacial score (nSPS) is 34.7. The summed E-state index contributed by atoms with van der Waals surface area (Å²) in [5.41, 5.74) is 0. The van der Waals surface area contributed by atoms with E-state index in [0.29, 0.717) is 6.10 Å². The molecule has 3 fully saturated rings. The van der Waals surface area contributed by atoms with Gasteiger partial charge in [0.25, 0.3) is 0 Å². The van der Waals surface area contributed by atoms with Gasteiger partial charge in [-0.25, -0.2) is 0 Å². The Bertz CT molecular complexity index is 237. The Morgan fingerprint density at radius 3 is 2.06 bits per heavy atom. The molecule has 2 nitrogen and oxygen atoms in total. The summed E-state index contributed by atoms with van der Waals surface area (Å²) in [5.74, 6) is 0.920. The minimum atomic E-state index is 0.579. The molecule has 0 atom stereocenters. The Morgan fingerprint density at radius 2 is 1.39 bits per heavy atom. The molecule has 104 valence electrons. The van der Waals surface area contributed by atoms with Crippen LogP contribution in [0.4, 0.5) is 0 Å². The lowest BCUT2D eigenvalue weighted by Crippen LogP contribution is -2.42. The Balaban J connectivity index is 1.31. The molecule has 0 unspecified atom stereocenters. The third-order valence-corrected chi connectivity index (χ3v) is 5.02. The largest absolute Gasteiger partial charge is 0.378 e. The van der Waals surface area contributed by atoms with E-state index in [-0.39, 0.29) is 0 Å². The van der Waals surface area contributed by atoms with Crippen molar-refractivity contribution in [3.63, 3.8) is 0 Å². The summed E-state index contributed by atoms with van der Waals surface area (Å²) in [5, 5.41) is 3.90. The molecule has 0 saturated heterocycles. The first-order valence-corrected chi connectivity index (χ1v) is 8.28. The fourth-order valence-corrected chi connectivity index (χ4v) is 3.56. The maximum atomic E-state index is 6.02. The number of rotatable bonds is 5. The number of ether oxygens (including phenoxy) is 1. The quantitative estimate of drug-likeness (QED) is 0.805. The summed E-state index contributed by atoms with van der Waals surface area (Å²) in [6.07, 6.45) is 15.8. The second kappa shape index (κ2) is 6.38. The van der Waals surface area contributed by atoms with E-state index in [4.69, 9.17) is 4.74 Å². The van der Waals surface area contributed by atoms with Crippen LogP contribution in [0, 0.1) is 5.92 Å². The minimum absolute atomic E-state index is 0.579. The summed E-state index contributed by atoms with van der Waals surface area (Å²) in [6.45, 7) is 1.05. The molecule has 0 aliphatic heterocycles. The average molecular weight is 251 g/mol. The highest BCUT2D eigenvalue weighted by Crippen LogP contribution is 2.31. The molecule has 3 aliphatic carbocycles. The lowest BCUT2D eigenvalue weighted by molar-refractivity contribution is 0.0154. The van der Waals surface area contributed by atoms with Gasteiger partial charge < -0.3 is 10.1 Å². The first-order chi connectivity index (χ1) is 8.90. The molecule has 0 aromatic carbocycles. The second-order valence-corrected chi connectivity index (χ2v) is 6.75. The van der Waals surface area contributed by atoms with Gasteiger partial charge in [-0.2, -0.15) is 0 Å². The molecule has 1 N–H and O–H groups in total. The van der Waals surface area contributed by atoms with E-state index in [2.05, 4.69) is 5.32 Å². The van der Waals surface area contributed by atoms with E-state index in [1.165, 1.54) is 70.6 Å². The van der Waals surface area contributed by atoms with Gasteiger partial charge in [0.2, 0.25) is 0 Å². The van der Waals surface area contributed by atoms with Crippen molar-refractivity contribution in [2.24, 2.45) is 5.92 Å². The predicted molar refractivity (Wildman–Crippen MR) is 74.7 cm³/mol. The third kappa shape index (κ3) is 3.96. The summed E-state index contributed by atoms with van der Waals surface area (Å²) in [7, 11) is 0. The van der Waals surface area contributed by atoms with E-state index < -0.39 is 0 Å². The smallest absolute Gasteiger partial charge is 0.0576 e. The SMILES string of the molecule is C1CCC(N[C@H]2CC[C@H](OCC3CC3)CC2)CC1. The van der Waals surface area contributed by atoms with Crippen LogP contribution in [0.5, 0.6) is 0 Å². The van der Waals surface area contributed by atoms with Crippen LogP contribution in [0.15, 0.2) is 0 Å². The maximum absolute atomic E-state index is 6.02. The van der Waals surface area contributed by atoms with E-state index in [1.807, 2.05) is 0 Å².